The van der Waals surface area contributed by atoms with Crippen molar-refractivity contribution in [2.24, 2.45) is 0 Å². The highest BCUT2D eigenvalue weighted by Gasteiger charge is 2.39. The van der Waals surface area contributed by atoms with E-state index in [0.29, 0.717) is 10.6 Å². The molecule has 1 aromatic carbocycles. The average Bonchev–Trinajstić information content (AvgIpc) is 2.63. The van der Waals surface area contributed by atoms with Gasteiger partial charge in [-0.25, -0.2) is 4.90 Å². The quantitative estimate of drug-likeness (QED) is 0.852. The summed E-state index contributed by atoms with van der Waals surface area (Å²) in [6.07, 6.45) is 1.45. The monoisotopic (exact) mass is 305 g/mol. The zero-order chi connectivity index (χ0) is 15.7. The molecule has 0 aliphatic carbocycles. The number of ketones is 1. The van der Waals surface area contributed by atoms with Crippen LogP contribution in [0.3, 0.4) is 0 Å². The van der Waals surface area contributed by atoms with Crippen LogP contribution in [0, 0.1) is 0 Å². The van der Waals surface area contributed by atoms with Gasteiger partial charge >= 0.3 is 0 Å². The summed E-state index contributed by atoms with van der Waals surface area (Å²) < 4.78 is 0. The summed E-state index contributed by atoms with van der Waals surface area (Å²) in [7, 11) is 0. The number of Topliss-reactive ketones (excluding diaryl/α,β-unsaturated/α-hetero) is 1. The van der Waals surface area contributed by atoms with Gasteiger partial charge in [-0.1, -0.05) is 23.7 Å². The smallest absolute Gasteiger partial charge is 0.272 e. The highest BCUT2D eigenvalue weighted by molar-refractivity contribution is 6.30. The van der Waals surface area contributed by atoms with Crippen LogP contribution < -0.4 is 0 Å². The van der Waals surface area contributed by atoms with E-state index in [2.05, 4.69) is 0 Å². The second-order valence-corrected chi connectivity index (χ2v) is 4.96. The maximum atomic E-state index is 12.1. The van der Waals surface area contributed by atoms with Crippen LogP contribution in [0.4, 0.5) is 0 Å². The Morgan fingerprint density at radius 3 is 2.24 bits per heavy atom. The van der Waals surface area contributed by atoms with E-state index in [1.165, 1.54) is 13.0 Å². The first-order valence-corrected chi connectivity index (χ1v) is 6.47. The van der Waals surface area contributed by atoms with E-state index in [9.17, 15) is 19.5 Å². The van der Waals surface area contributed by atoms with Crippen molar-refractivity contribution in [3.63, 3.8) is 0 Å². The Hall–Kier alpha value is -2.40. The van der Waals surface area contributed by atoms with Gasteiger partial charge in [-0.15, -0.1) is 0 Å². The third-order valence-electron chi connectivity index (χ3n) is 2.98. The Balaban J connectivity index is 2.57. The van der Waals surface area contributed by atoms with E-state index in [1.807, 2.05) is 0 Å². The maximum Gasteiger partial charge on any atom is 0.272 e. The lowest BCUT2D eigenvalue weighted by atomic mass is 10.1. The topological polar surface area (TPSA) is 74.7 Å². The Morgan fingerprint density at radius 1 is 1.19 bits per heavy atom. The van der Waals surface area contributed by atoms with Crippen molar-refractivity contribution in [3.8, 4) is 0 Å². The lowest BCUT2D eigenvalue weighted by Gasteiger charge is -2.14. The van der Waals surface area contributed by atoms with E-state index in [-0.39, 0.29) is 11.3 Å². The number of amides is 2. The first-order valence-electron chi connectivity index (χ1n) is 6.09. The summed E-state index contributed by atoms with van der Waals surface area (Å²) in [5.41, 5.74) is 0.232. The molecular formula is C15H12ClNO4. The Kier molecular flexibility index (Phi) is 3.95. The maximum absolute atomic E-state index is 12.1. The highest BCUT2D eigenvalue weighted by atomic mass is 35.5. The van der Waals surface area contributed by atoms with Crippen LogP contribution in [0.5, 0.6) is 0 Å². The van der Waals surface area contributed by atoms with Crippen molar-refractivity contribution in [2.45, 2.75) is 13.8 Å². The number of nitrogens with zero attached hydrogens (tertiary/aromatic N) is 1. The molecule has 0 saturated carbocycles. The second-order valence-electron chi connectivity index (χ2n) is 4.52. The zero-order valence-electron chi connectivity index (χ0n) is 11.4. The Morgan fingerprint density at radius 2 is 1.76 bits per heavy atom. The van der Waals surface area contributed by atoms with Crippen LogP contribution in [0.1, 0.15) is 19.4 Å². The van der Waals surface area contributed by atoms with Crippen molar-refractivity contribution in [2.75, 3.05) is 0 Å². The van der Waals surface area contributed by atoms with Gasteiger partial charge in [-0.05, 0) is 30.7 Å². The molecule has 1 aromatic rings. The standard InChI is InChI=1S/C15H12ClNO4/c1-8(18)13-14(20)12(17(9(2)19)15(13)21)7-10-3-5-11(16)6-4-10/h3-7,20H,1-2H3/b12-7-. The summed E-state index contributed by atoms with van der Waals surface area (Å²) in [5, 5.41) is 10.6. The molecule has 21 heavy (non-hydrogen) atoms. The molecule has 0 radical (unpaired) electrons. The zero-order valence-corrected chi connectivity index (χ0v) is 12.1. The molecule has 1 heterocycles. The summed E-state index contributed by atoms with van der Waals surface area (Å²) >= 11 is 5.78. The Bertz CT molecular complexity index is 701. The minimum absolute atomic E-state index is 0.0139. The van der Waals surface area contributed by atoms with Gasteiger partial charge < -0.3 is 5.11 Å². The molecule has 6 heteroatoms. The molecule has 0 aromatic heterocycles. The van der Waals surface area contributed by atoms with E-state index >= 15 is 0 Å². The van der Waals surface area contributed by atoms with Gasteiger partial charge in [0.2, 0.25) is 5.91 Å². The molecule has 1 aliphatic heterocycles. The fourth-order valence-corrected chi connectivity index (χ4v) is 2.16. The Labute approximate surface area is 126 Å². The fraction of sp³-hybridized carbons (Fsp3) is 0.133. The van der Waals surface area contributed by atoms with Crippen LogP contribution in [0.15, 0.2) is 41.3 Å². The van der Waals surface area contributed by atoms with Gasteiger partial charge in [-0.2, -0.15) is 0 Å². The van der Waals surface area contributed by atoms with Gasteiger partial charge in [0.05, 0.1) is 5.70 Å². The van der Waals surface area contributed by atoms with Crippen molar-refractivity contribution in [3.05, 3.63) is 51.9 Å². The number of rotatable bonds is 2. The van der Waals surface area contributed by atoms with Gasteiger partial charge in [0.1, 0.15) is 5.57 Å². The minimum Gasteiger partial charge on any atom is -0.505 e. The first kappa shape index (κ1) is 15.0. The largest absolute Gasteiger partial charge is 0.505 e. The molecule has 2 amide bonds. The van der Waals surface area contributed by atoms with E-state index in [0.717, 1.165) is 11.8 Å². The molecule has 0 bridgehead atoms. The lowest BCUT2D eigenvalue weighted by Crippen LogP contribution is -2.31. The lowest BCUT2D eigenvalue weighted by molar-refractivity contribution is -0.137. The number of carbonyl (C=O) groups is 3. The van der Waals surface area contributed by atoms with Crippen molar-refractivity contribution in [1.29, 1.82) is 0 Å². The van der Waals surface area contributed by atoms with Crippen LogP contribution in [0.2, 0.25) is 5.02 Å². The molecule has 0 fully saturated rings. The molecule has 1 N–H and O–H groups in total. The molecular weight excluding hydrogens is 294 g/mol. The van der Waals surface area contributed by atoms with E-state index in [1.54, 1.807) is 24.3 Å². The van der Waals surface area contributed by atoms with E-state index in [4.69, 9.17) is 11.6 Å². The summed E-state index contributed by atoms with van der Waals surface area (Å²) in [6, 6.07) is 6.60. The molecule has 1 aliphatic rings. The fourth-order valence-electron chi connectivity index (χ4n) is 2.04. The first-order chi connectivity index (χ1) is 9.82. The molecule has 0 spiro atoms. The number of benzene rings is 1. The second kappa shape index (κ2) is 5.54. The van der Waals surface area contributed by atoms with E-state index < -0.39 is 23.4 Å². The van der Waals surface area contributed by atoms with Gasteiger partial charge in [0.25, 0.3) is 5.91 Å². The van der Waals surface area contributed by atoms with Crippen LogP contribution in [-0.4, -0.2) is 27.6 Å². The number of carbonyl (C=O) groups excluding carboxylic acids is 3. The van der Waals surface area contributed by atoms with Crippen LogP contribution in [0.25, 0.3) is 6.08 Å². The summed E-state index contributed by atoms with van der Waals surface area (Å²) in [5.74, 6) is -2.48. The third kappa shape index (κ3) is 2.73. The highest BCUT2D eigenvalue weighted by Crippen LogP contribution is 2.30. The van der Waals surface area contributed by atoms with Gasteiger partial charge in [0.15, 0.2) is 11.5 Å². The molecule has 0 saturated heterocycles. The normalized spacial score (nSPS) is 16.8. The third-order valence-corrected chi connectivity index (χ3v) is 3.23. The summed E-state index contributed by atoms with van der Waals surface area (Å²) in [4.78, 5) is 35.9. The predicted molar refractivity (Wildman–Crippen MR) is 77.3 cm³/mol. The number of hydrogen-bond donors (Lipinski definition) is 1. The molecule has 0 atom stereocenters. The van der Waals surface area contributed by atoms with Crippen molar-refractivity contribution >= 4 is 35.3 Å². The van der Waals surface area contributed by atoms with Crippen molar-refractivity contribution < 1.29 is 19.5 Å². The minimum atomic E-state index is -0.812. The molecule has 108 valence electrons. The van der Waals surface area contributed by atoms with Gasteiger partial charge in [0, 0.05) is 11.9 Å². The number of halogens is 1. The van der Waals surface area contributed by atoms with Crippen LogP contribution in [-0.2, 0) is 14.4 Å². The summed E-state index contributed by atoms with van der Waals surface area (Å²) in [6.45, 7) is 2.34. The number of hydrogen-bond acceptors (Lipinski definition) is 4. The SMILES string of the molecule is CC(=O)C1=C(O)/C(=C/c2ccc(Cl)cc2)N(C(C)=O)C1=O. The van der Waals surface area contributed by atoms with Crippen molar-refractivity contribution in [1.82, 2.24) is 4.90 Å². The molecule has 0 unspecified atom stereocenters. The molecule has 2 rings (SSSR count). The average molecular weight is 306 g/mol. The number of imide groups is 1. The number of aliphatic hydroxyl groups excluding tert-OH is 1. The predicted octanol–water partition coefficient (Wildman–Crippen LogP) is 2.47. The number of aliphatic hydroxyl groups is 1. The van der Waals surface area contributed by atoms with Crippen LogP contribution >= 0.6 is 11.6 Å². The molecule has 5 nitrogen and oxygen atoms in total. The van der Waals surface area contributed by atoms with Gasteiger partial charge in [-0.3, -0.25) is 14.4 Å².